The van der Waals surface area contributed by atoms with E-state index in [1.165, 1.54) is 0 Å². The number of aliphatic hydroxyl groups excluding tert-OH is 1. The standard InChI is InChI=1S/C18H18F2N2O3/c19-18(20)9-3-6-13(16(18)23)21-17(24)14-12-8-7-10-4-1-2-5-11(10)15(12)25-22-14/h1-2,4-5,13,16,23H,3,6-9H2,(H,21,24)/t13-,16+/m1/s1. The van der Waals surface area contributed by atoms with Gasteiger partial charge in [-0.2, -0.15) is 0 Å². The Bertz CT molecular complexity index is 818. The van der Waals surface area contributed by atoms with Crippen LogP contribution in [-0.2, 0) is 12.8 Å². The van der Waals surface area contributed by atoms with Gasteiger partial charge < -0.3 is 14.9 Å². The number of carbonyl (C=O) groups excluding carboxylic acids is 1. The van der Waals surface area contributed by atoms with Crippen molar-refractivity contribution >= 4 is 5.91 Å². The fourth-order valence-electron chi connectivity index (χ4n) is 3.70. The third-order valence-corrected chi connectivity index (χ3v) is 5.07. The molecule has 1 amide bonds. The summed E-state index contributed by atoms with van der Waals surface area (Å²) >= 11 is 0. The Morgan fingerprint density at radius 2 is 2.12 bits per heavy atom. The van der Waals surface area contributed by atoms with Crippen molar-refractivity contribution in [1.82, 2.24) is 10.5 Å². The summed E-state index contributed by atoms with van der Waals surface area (Å²) < 4.78 is 32.7. The number of hydrogen-bond acceptors (Lipinski definition) is 4. The van der Waals surface area contributed by atoms with Crippen molar-refractivity contribution in [2.24, 2.45) is 0 Å². The Hall–Kier alpha value is -2.28. The minimum atomic E-state index is -3.18. The number of aryl methyl sites for hydroxylation is 1. The number of fused-ring (bicyclic) bond motifs is 3. The van der Waals surface area contributed by atoms with Crippen LogP contribution in [0.25, 0.3) is 11.3 Å². The van der Waals surface area contributed by atoms with E-state index >= 15 is 0 Å². The second-order valence-corrected chi connectivity index (χ2v) is 6.67. The third kappa shape index (κ3) is 2.72. The maximum absolute atomic E-state index is 13.6. The molecular weight excluding hydrogens is 330 g/mol. The van der Waals surface area contributed by atoms with Gasteiger partial charge in [0.05, 0.1) is 6.04 Å². The maximum atomic E-state index is 13.6. The summed E-state index contributed by atoms with van der Waals surface area (Å²) in [7, 11) is 0. The fraction of sp³-hybridized carbons (Fsp3) is 0.444. The Labute approximate surface area is 143 Å². The molecule has 2 aliphatic rings. The monoisotopic (exact) mass is 348 g/mol. The number of aromatic nitrogens is 1. The number of nitrogens with zero attached hydrogens (tertiary/aromatic N) is 1. The number of carbonyl (C=O) groups is 1. The molecule has 0 radical (unpaired) electrons. The summed E-state index contributed by atoms with van der Waals surface area (Å²) in [6.07, 6.45) is -0.327. The van der Waals surface area contributed by atoms with E-state index in [1.54, 1.807) is 0 Å². The first-order chi connectivity index (χ1) is 12.0. The largest absolute Gasteiger partial charge is 0.385 e. The van der Waals surface area contributed by atoms with Crippen LogP contribution in [-0.4, -0.2) is 34.2 Å². The molecule has 25 heavy (non-hydrogen) atoms. The van der Waals surface area contributed by atoms with Crippen LogP contribution in [0.3, 0.4) is 0 Å². The van der Waals surface area contributed by atoms with Gasteiger partial charge in [0.1, 0.15) is 6.10 Å². The van der Waals surface area contributed by atoms with Gasteiger partial charge in [-0.25, -0.2) is 8.78 Å². The first kappa shape index (κ1) is 16.2. The first-order valence-corrected chi connectivity index (χ1v) is 8.41. The number of benzene rings is 1. The predicted molar refractivity (Wildman–Crippen MR) is 85.4 cm³/mol. The first-order valence-electron chi connectivity index (χ1n) is 8.41. The van der Waals surface area contributed by atoms with E-state index in [0.29, 0.717) is 24.2 Å². The SMILES string of the molecule is O=C(N[C@@H]1CCCC(F)(F)[C@H]1O)c1noc2c1CCc1ccccc1-2. The highest BCUT2D eigenvalue weighted by atomic mass is 19.3. The van der Waals surface area contributed by atoms with Crippen LogP contribution < -0.4 is 5.32 Å². The van der Waals surface area contributed by atoms with E-state index in [-0.39, 0.29) is 18.5 Å². The molecule has 132 valence electrons. The van der Waals surface area contributed by atoms with Gasteiger partial charge in [-0.15, -0.1) is 0 Å². The van der Waals surface area contributed by atoms with Gasteiger partial charge in [0.15, 0.2) is 11.5 Å². The van der Waals surface area contributed by atoms with E-state index in [4.69, 9.17) is 4.52 Å². The Morgan fingerprint density at radius 3 is 2.96 bits per heavy atom. The molecule has 0 aliphatic heterocycles. The van der Waals surface area contributed by atoms with Gasteiger partial charge in [0.25, 0.3) is 11.8 Å². The minimum Gasteiger partial charge on any atom is -0.385 e. The van der Waals surface area contributed by atoms with Gasteiger partial charge in [0.2, 0.25) is 0 Å². The lowest BCUT2D eigenvalue weighted by molar-refractivity contribution is -0.141. The van der Waals surface area contributed by atoms with Crippen LogP contribution in [0, 0.1) is 0 Å². The number of amides is 1. The zero-order valence-corrected chi connectivity index (χ0v) is 13.5. The van der Waals surface area contributed by atoms with Crippen molar-refractivity contribution in [2.45, 2.75) is 50.2 Å². The maximum Gasteiger partial charge on any atom is 0.275 e. The molecule has 0 unspecified atom stereocenters. The van der Waals surface area contributed by atoms with E-state index in [1.807, 2.05) is 24.3 Å². The summed E-state index contributed by atoms with van der Waals surface area (Å²) in [4.78, 5) is 12.5. The van der Waals surface area contributed by atoms with Gasteiger partial charge in [0, 0.05) is 17.5 Å². The lowest BCUT2D eigenvalue weighted by Crippen LogP contribution is -2.54. The van der Waals surface area contributed by atoms with Crippen molar-refractivity contribution in [3.05, 3.63) is 41.1 Å². The quantitative estimate of drug-likeness (QED) is 0.875. The number of nitrogens with one attached hydrogen (secondary N) is 1. The normalized spacial score (nSPS) is 24.3. The van der Waals surface area contributed by atoms with E-state index in [2.05, 4.69) is 10.5 Å². The minimum absolute atomic E-state index is 0.116. The molecule has 0 bridgehead atoms. The third-order valence-electron chi connectivity index (χ3n) is 5.07. The number of alkyl halides is 2. The number of aliphatic hydroxyl groups is 1. The van der Waals surface area contributed by atoms with Crippen LogP contribution in [0.5, 0.6) is 0 Å². The Kier molecular flexibility index (Phi) is 3.83. The van der Waals surface area contributed by atoms with Crippen LogP contribution in [0.1, 0.15) is 40.9 Å². The predicted octanol–water partition coefficient (Wildman–Crippen LogP) is 2.72. The molecule has 2 atom stereocenters. The van der Waals surface area contributed by atoms with Crippen LogP contribution in [0.15, 0.2) is 28.8 Å². The molecule has 1 fully saturated rings. The molecule has 7 heteroatoms. The zero-order valence-electron chi connectivity index (χ0n) is 13.5. The molecule has 5 nitrogen and oxygen atoms in total. The smallest absolute Gasteiger partial charge is 0.275 e. The average molecular weight is 348 g/mol. The highest BCUT2D eigenvalue weighted by Crippen LogP contribution is 2.36. The molecule has 2 N–H and O–H groups in total. The molecule has 1 saturated carbocycles. The van der Waals surface area contributed by atoms with Crippen molar-refractivity contribution in [3.8, 4) is 11.3 Å². The van der Waals surface area contributed by atoms with Crippen molar-refractivity contribution in [2.75, 3.05) is 0 Å². The highest BCUT2D eigenvalue weighted by molar-refractivity contribution is 5.95. The van der Waals surface area contributed by atoms with Gasteiger partial charge >= 0.3 is 0 Å². The number of rotatable bonds is 2. The summed E-state index contributed by atoms with van der Waals surface area (Å²) in [6.45, 7) is 0. The Balaban J connectivity index is 1.58. The molecule has 2 aromatic rings. The summed E-state index contributed by atoms with van der Waals surface area (Å²) in [5.74, 6) is -3.20. The second-order valence-electron chi connectivity index (χ2n) is 6.67. The van der Waals surface area contributed by atoms with Gasteiger partial charge in [-0.1, -0.05) is 29.4 Å². The molecule has 0 saturated heterocycles. The van der Waals surface area contributed by atoms with Crippen LogP contribution in [0.2, 0.25) is 0 Å². The molecule has 1 heterocycles. The lowest BCUT2D eigenvalue weighted by atomic mass is 9.88. The number of hydrogen-bond donors (Lipinski definition) is 2. The zero-order chi connectivity index (χ0) is 17.6. The van der Waals surface area contributed by atoms with Crippen molar-refractivity contribution in [1.29, 1.82) is 0 Å². The van der Waals surface area contributed by atoms with Crippen molar-refractivity contribution in [3.63, 3.8) is 0 Å². The van der Waals surface area contributed by atoms with Gasteiger partial charge in [-0.3, -0.25) is 4.79 Å². The average Bonchev–Trinajstić information content (AvgIpc) is 3.03. The molecule has 2 aliphatic carbocycles. The Morgan fingerprint density at radius 1 is 1.32 bits per heavy atom. The van der Waals surface area contributed by atoms with E-state index in [0.717, 1.165) is 17.5 Å². The topological polar surface area (TPSA) is 75.4 Å². The van der Waals surface area contributed by atoms with E-state index < -0.39 is 24.0 Å². The van der Waals surface area contributed by atoms with Gasteiger partial charge in [-0.05, 0) is 31.2 Å². The van der Waals surface area contributed by atoms with Crippen LogP contribution >= 0.6 is 0 Å². The van der Waals surface area contributed by atoms with E-state index in [9.17, 15) is 18.7 Å². The summed E-state index contributed by atoms with van der Waals surface area (Å²) in [5, 5.41) is 16.2. The molecule has 4 rings (SSSR count). The second kappa shape index (κ2) is 5.91. The summed E-state index contributed by atoms with van der Waals surface area (Å²) in [5.41, 5.74) is 2.83. The van der Waals surface area contributed by atoms with Crippen LogP contribution in [0.4, 0.5) is 8.78 Å². The number of halogens is 2. The molecule has 1 aromatic carbocycles. The molecule has 1 aromatic heterocycles. The molecular formula is C18H18F2N2O3. The van der Waals surface area contributed by atoms with Crippen molar-refractivity contribution < 1.29 is 23.2 Å². The highest BCUT2D eigenvalue weighted by Gasteiger charge is 2.46. The lowest BCUT2D eigenvalue weighted by Gasteiger charge is -2.34. The summed E-state index contributed by atoms with van der Waals surface area (Å²) in [6, 6.07) is 6.75. The fourth-order valence-corrected chi connectivity index (χ4v) is 3.70. The molecule has 0 spiro atoms.